The fraction of sp³-hybridized carbons (Fsp3) is 0.667. The molecule has 12 heavy (non-hydrogen) atoms. The quantitative estimate of drug-likeness (QED) is 0.500. The van der Waals surface area contributed by atoms with Crippen LogP contribution in [0.3, 0.4) is 0 Å². The van der Waals surface area contributed by atoms with Crippen LogP contribution < -0.4 is 5.73 Å². The molecule has 0 fully saturated rings. The first-order chi connectivity index (χ1) is 5.57. The molecule has 0 aliphatic rings. The molecule has 0 heterocycles. The maximum absolute atomic E-state index is 11.0. The molecule has 3 nitrogen and oxygen atoms in total. The molecule has 2 N–H and O–H groups in total. The van der Waals surface area contributed by atoms with Gasteiger partial charge in [0, 0.05) is 5.57 Å². The van der Waals surface area contributed by atoms with Gasteiger partial charge in [-0.25, -0.2) is 4.79 Å². The van der Waals surface area contributed by atoms with Gasteiger partial charge in [0.25, 0.3) is 0 Å². The van der Waals surface area contributed by atoms with E-state index in [1.165, 1.54) is 0 Å². The second kappa shape index (κ2) is 5.77. The lowest BCUT2D eigenvalue weighted by atomic mass is 10.2. The second-order valence-corrected chi connectivity index (χ2v) is 2.93. The van der Waals surface area contributed by atoms with Gasteiger partial charge in [0.2, 0.25) is 0 Å². The molecule has 0 bridgehead atoms. The Morgan fingerprint density at radius 1 is 1.67 bits per heavy atom. The Balaban J connectivity index is 3.61. The number of nitrogens with two attached hydrogens (primary N) is 1. The van der Waals surface area contributed by atoms with Crippen LogP contribution in [0.1, 0.15) is 26.7 Å². The first-order valence-corrected chi connectivity index (χ1v) is 4.14. The van der Waals surface area contributed by atoms with Crippen LogP contribution in [0.5, 0.6) is 0 Å². The molecule has 0 radical (unpaired) electrons. The van der Waals surface area contributed by atoms with Crippen molar-refractivity contribution in [3.05, 3.63) is 12.2 Å². The number of ether oxygens (including phenoxy) is 1. The van der Waals surface area contributed by atoms with Crippen molar-refractivity contribution in [2.24, 2.45) is 5.73 Å². The molecule has 0 spiro atoms. The van der Waals surface area contributed by atoms with Crippen molar-refractivity contribution in [1.82, 2.24) is 0 Å². The molecule has 0 aromatic rings. The number of esters is 1. The van der Waals surface area contributed by atoms with Gasteiger partial charge in [0.15, 0.2) is 0 Å². The van der Waals surface area contributed by atoms with Crippen LogP contribution in [0.15, 0.2) is 12.2 Å². The highest BCUT2D eigenvalue weighted by Crippen LogP contribution is 2.03. The number of carbonyl (C=O) groups excluding carboxylic acids is 1. The normalized spacial score (nSPS) is 12.2. The highest BCUT2D eigenvalue weighted by atomic mass is 16.5. The SMILES string of the molecule is C=C(C)C(=O)OC(C)CCCN. The molecule has 0 aromatic carbocycles. The minimum atomic E-state index is -0.320. The van der Waals surface area contributed by atoms with E-state index in [1.54, 1.807) is 6.92 Å². The fourth-order valence-corrected chi connectivity index (χ4v) is 0.748. The van der Waals surface area contributed by atoms with E-state index in [9.17, 15) is 4.79 Å². The van der Waals surface area contributed by atoms with E-state index in [0.29, 0.717) is 12.1 Å². The first kappa shape index (κ1) is 11.2. The summed E-state index contributed by atoms with van der Waals surface area (Å²) in [5.41, 5.74) is 5.75. The summed E-state index contributed by atoms with van der Waals surface area (Å²) in [5, 5.41) is 0. The highest BCUT2D eigenvalue weighted by Gasteiger charge is 2.08. The Morgan fingerprint density at radius 3 is 2.67 bits per heavy atom. The molecule has 70 valence electrons. The molecule has 1 unspecified atom stereocenters. The zero-order valence-corrected chi connectivity index (χ0v) is 7.80. The number of carbonyl (C=O) groups is 1. The van der Waals surface area contributed by atoms with Gasteiger partial charge in [-0.3, -0.25) is 0 Å². The van der Waals surface area contributed by atoms with Gasteiger partial charge >= 0.3 is 5.97 Å². The summed E-state index contributed by atoms with van der Waals surface area (Å²) in [6.07, 6.45) is 1.64. The van der Waals surface area contributed by atoms with Gasteiger partial charge in [0.05, 0.1) is 6.10 Å². The van der Waals surface area contributed by atoms with Gasteiger partial charge in [-0.2, -0.15) is 0 Å². The van der Waals surface area contributed by atoms with E-state index in [2.05, 4.69) is 6.58 Å². The Kier molecular flexibility index (Phi) is 5.37. The summed E-state index contributed by atoms with van der Waals surface area (Å²) in [4.78, 5) is 11.0. The summed E-state index contributed by atoms with van der Waals surface area (Å²) < 4.78 is 5.02. The van der Waals surface area contributed by atoms with Crippen LogP contribution in [0.4, 0.5) is 0 Å². The van der Waals surface area contributed by atoms with Crippen molar-refractivity contribution in [1.29, 1.82) is 0 Å². The van der Waals surface area contributed by atoms with Crippen LogP contribution in [0.2, 0.25) is 0 Å². The third kappa shape index (κ3) is 4.91. The topological polar surface area (TPSA) is 52.3 Å². The van der Waals surface area contributed by atoms with Crippen LogP contribution >= 0.6 is 0 Å². The third-order valence-corrected chi connectivity index (χ3v) is 1.47. The summed E-state index contributed by atoms with van der Waals surface area (Å²) in [6, 6.07) is 0. The van der Waals surface area contributed by atoms with Gasteiger partial charge in [0.1, 0.15) is 0 Å². The van der Waals surface area contributed by atoms with Crippen molar-refractivity contribution >= 4 is 5.97 Å². The van der Waals surface area contributed by atoms with Crippen molar-refractivity contribution in [2.45, 2.75) is 32.8 Å². The smallest absolute Gasteiger partial charge is 0.333 e. The summed E-state index contributed by atoms with van der Waals surface area (Å²) in [7, 11) is 0. The molecule has 0 aliphatic carbocycles. The average Bonchev–Trinajstić information content (AvgIpc) is 2.00. The Bertz CT molecular complexity index is 166. The monoisotopic (exact) mass is 171 g/mol. The van der Waals surface area contributed by atoms with E-state index >= 15 is 0 Å². The average molecular weight is 171 g/mol. The highest BCUT2D eigenvalue weighted by molar-refractivity contribution is 5.87. The van der Waals surface area contributed by atoms with E-state index in [0.717, 1.165) is 12.8 Å². The lowest BCUT2D eigenvalue weighted by Gasteiger charge is -2.11. The molecule has 0 aliphatic heterocycles. The van der Waals surface area contributed by atoms with Crippen LogP contribution in [0.25, 0.3) is 0 Å². The van der Waals surface area contributed by atoms with Crippen LogP contribution in [0, 0.1) is 0 Å². The lowest BCUT2D eigenvalue weighted by Crippen LogP contribution is -2.16. The van der Waals surface area contributed by atoms with Crippen LogP contribution in [-0.2, 0) is 9.53 Å². The largest absolute Gasteiger partial charge is 0.459 e. The molecular weight excluding hydrogens is 154 g/mol. The van der Waals surface area contributed by atoms with E-state index < -0.39 is 0 Å². The molecule has 3 heteroatoms. The Morgan fingerprint density at radius 2 is 2.25 bits per heavy atom. The van der Waals surface area contributed by atoms with Crippen molar-refractivity contribution < 1.29 is 9.53 Å². The molecule has 0 saturated heterocycles. The molecule has 0 rings (SSSR count). The Hall–Kier alpha value is -0.830. The zero-order chi connectivity index (χ0) is 9.56. The maximum Gasteiger partial charge on any atom is 0.333 e. The van der Waals surface area contributed by atoms with Gasteiger partial charge in [-0.1, -0.05) is 6.58 Å². The number of hydrogen-bond donors (Lipinski definition) is 1. The van der Waals surface area contributed by atoms with E-state index in [4.69, 9.17) is 10.5 Å². The standard InChI is InChI=1S/C9H17NO2/c1-7(2)9(11)12-8(3)5-4-6-10/h8H,1,4-6,10H2,2-3H3. The molecule has 0 saturated carbocycles. The number of hydrogen-bond acceptors (Lipinski definition) is 3. The summed E-state index contributed by atoms with van der Waals surface area (Å²) in [5.74, 6) is -0.320. The first-order valence-electron chi connectivity index (χ1n) is 4.14. The second-order valence-electron chi connectivity index (χ2n) is 2.93. The van der Waals surface area contributed by atoms with Gasteiger partial charge in [-0.05, 0) is 33.2 Å². The molecule has 0 amide bonds. The zero-order valence-electron chi connectivity index (χ0n) is 7.80. The Labute approximate surface area is 73.6 Å². The van der Waals surface area contributed by atoms with E-state index in [-0.39, 0.29) is 12.1 Å². The molecular formula is C9H17NO2. The van der Waals surface area contributed by atoms with Gasteiger partial charge < -0.3 is 10.5 Å². The third-order valence-electron chi connectivity index (χ3n) is 1.47. The summed E-state index contributed by atoms with van der Waals surface area (Å²) in [6.45, 7) is 7.62. The van der Waals surface area contributed by atoms with Crippen molar-refractivity contribution in [3.8, 4) is 0 Å². The van der Waals surface area contributed by atoms with Crippen LogP contribution in [-0.4, -0.2) is 18.6 Å². The minimum Gasteiger partial charge on any atom is -0.459 e. The summed E-state index contributed by atoms with van der Waals surface area (Å²) >= 11 is 0. The minimum absolute atomic E-state index is 0.0576. The fourth-order valence-electron chi connectivity index (χ4n) is 0.748. The number of rotatable bonds is 5. The molecule has 0 aromatic heterocycles. The van der Waals surface area contributed by atoms with E-state index in [1.807, 2.05) is 6.92 Å². The lowest BCUT2D eigenvalue weighted by molar-refractivity contribution is -0.143. The predicted molar refractivity (Wildman–Crippen MR) is 48.7 cm³/mol. The predicted octanol–water partition coefficient (Wildman–Crippen LogP) is 1.23. The van der Waals surface area contributed by atoms with Crippen molar-refractivity contribution in [2.75, 3.05) is 6.54 Å². The molecule has 1 atom stereocenters. The maximum atomic E-state index is 11.0. The van der Waals surface area contributed by atoms with Crippen molar-refractivity contribution in [3.63, 3.8) is 0 Å². The van der Waals surface area contributed by atoms with Gasteiger partial charge in [-0.15, -0.1) is 0 Å².